The number of hydrogen-bond acceptors (Lipinski definition) is 3. The molecule has 1 aromatic carbocycles. The summed E-state index contributed by atoms with van der Waals surface area (Å²) in [7, 11) is 0. The number of rotatable bonds is 3. The maximum atomic E-state index is 12.0. The number of phenolic OH excluding ortho intramolecular Hbond substituents is 1. The van der Waals surface area contributed by atoms with Crippen LogP contribution in [0, 0.1) is 0 Å². The van der Waals surface area contributed by atoms with Crippen LogP contribution in [0.15, 0.2) is 18.2 Å². The molecule has 0 bridgehead atoms. The molecular formula is C14H20AsNO5. The van der Waals surface area contributed by atoms with Crippen molar-refractivity contribution in [3.63, 3.8) is 0 Å². The summed E-state index contributed by atoms with van der Waals surface area (Å²) in [5, 5.41) is 10.0. The Morgan fingerprint density at radius 2 is 1.86 bits per heavy atom. The van der Waals surface area contributed by atoms with Crippen molar-refractivity contribution in [1.82, 2.24) is 0 Å². The Morgan fingerprint density at radius 3 is 2.38 bits per heavy atom. The third-order valence-electron chi connectivity index (χ3n) is 3.83. The Bertz CT molecular complexity index is 577. The summed E-state index contributed by atoms with van der Waals surface area (Å²) in [6.45, 7) is 1.41. The van der Waals surface area contributed by atoms with Gasteiger partial charge in [-0.05, 0) is 0 Å². The van der Waals surface area contributed by atoms with Gasteiger partial charge in [0, 0.05) is 0 Å². The van der Waals surface area contributed by atoms with Gasteiger partial charge in [-0.1, -0.05) is 0 Å². The fourth-order valence-electron chi connectivity index (χ4n) is 2.85. The number of carbonyl (C=O) groups excluding carboxylic acids is 1. The normalized spacial score (nSPS) is 16.7. The van der Waals surface area contributed by atoms with Gasteiger partial charge in [-0.3, -0.25) is 0 Å². The van der Waals surface area contributed by atoms with Crippen LogP contribution in [0.4, 0.5) is 5.69 Å². The maximum absolute atomic E-state index is 12.0. The molecule has 21 heavy (non-hydrogen) atoms. The molecule has 1 aromatic rings. The molecule has 0 unspecified atom stereocenters. The summed E-state index contributed by atoms with van der Waals surface area (Å²) in [6, 6.07) is 3.66. The summed E-state index contributed by atoms with van der Waals surface area (Å²) in [4.78, 5) is 13.5. The van der Waals surface area contributed by atoms with Gasteiger partial charge >= 0.3 is 126 Å². The van der Waals surface area contributed by atoms with Gasteiger partial charge in [0.1, 0.15) is 0 Å². The van der Waals surface area contributed by atoms with Crippen LogP contribution in [-0.2, 0) is 8.53 Å². The first-order chi connectivity index (χ1) is 9.80. The van der Waals surface area contributed by atoms with Crippen LogP contribution in [0.2, 0.25) is 0 Å². The first-order valence-corrected chi connectivity index (χ1v) is 10.4. The number of anilines is 1. The molecule has 1 aliphatic carbocycles. The van der Waals surface area contributed by atoms with Crippen molar-refractivity contribution in [3.8, 4) is 5.75 Å². The minimum atomic E-state index is -5.06. The van der Waals surface area contributed by atoms with Crippen LogP contribution < -0.4 is 9.25 Å². The van der Waals surface area contributed by atoms with E-state index in [1.54, 1.807) is 0 Å². The number of amides is 1. The summed E-state index contributed by atoms with van der Waals surface area (Å²) < 4.78 is 29.9. The molecule has 2 rings (SSSR count). The van der Waals surface area contributed by atoms with E-state index < -0.39 is 14.2 Å². The Hall–Kier alpha value is -1.23. The van der Waals surface area contributed by atoms with Crippen molar-refractivity contribution in [2.24, 2.45) is 0 Å². The van der Waals surface area contributed by atoms with Crippen LogP contribution in [0.25, 0.3) is 0 Å². The average Bonchev–Trinajstić information content (AvgIpc) is 2.40. The van der Waals surface area contributed by atoms with E-state index in [-0.39, 0.29) is 27.7 Å². The number of nitrogens with zero attached hydrogens (tertiary/aromatic N) is 1. The average molecular weight is 357 g/mol. The van der Waals surface area contributed by atoms with Crippen molar-refractivity contribution in [3.05, 3.63) is 18.2 Å². The number of carbonyl (C=O) groups is 1. The standard InChI is InChI=1S/C14H20AsNO5/c1-10(17)16(12-5-3-2-4-6-12)13-9-11(15(19,20)21)7-8-14(13)18/h7-9,12,18H,2-6H2,1H3,(H2,19,20,21). The topological polar surface area (TPSA) is 98.1 Å². The number of phenols is 1. The van der Waals surface area contributed by atoms with Crippen LogP contribution in [0.5, 0.6) is 5.75 Å². The summed E-state index contributed by atoms with van der Waals surface area (Å²) >= 11 is -5.06. The van der Waals surface area contributed by atoms with Gasteiger partial charge in [0.15, 0.2) is 0 Å². The first-order valence-electron chi connectivity index (χ1n) is 6.99. The molecule has 3 N–H and O–H groups in total. The predicted octanol–water partition coefficient (Wildman–Crippen LogP) is 0.639. The van der Waals surface area contributed by atoms with E-state index in [9.17, 15) is 21.8 Å². The third-order valence-corrected chi connectivity index (χ3v) is 5.83. The molecule has 1 fully saturated rings. The van der Waals surface area contributed by atoms with Crippen LogP contribution in [0.1, 0.15) is 39.0 Å². The van der Waals surface area contributed by atoms with E-state index in [4.69, 9.17) is 0 Å². The SMILES string of the molecule is CC(=O)N(c1cc([As](=O)(O)O)ccc1O)C1CCCCC1. The van der Waals surface area contributed by atoms with Crippen molar-refractivity contribution < 1.29 is 21.8 Å². The first kappa shape index (κ1) is 16.1. The van der Waals surface area contributed by atoms with Crippen molar-refractivity contribution in [2.45, 2.75) is 45.1 Å². The van der Waals surface area contributed by atoms with Crippen LogP contribution >= 0.6 is 0 Å². The summed E-state index contributed by atoms with van der Waals surface area (Å²) in [5.74, 6) is -0.365. The van der Waals surface area contributed by atoms with Crippen molar-refractivity contribution in [2.75, 3.05) is 4.90 Å². The van der Waals surface area contributed by atoms with Crippen LogP contribution in [-0.4, -0.2) is 39.4 Å². The second kappa shape index (κ2) is 6.26. The van der Waals surface area contributed by atoms with Gasteiger partial charge in [0.25, 0.3) is 0 Å². The van der Waals surface area contributed by atoms with Gasteiger partial charge in [-0.25, -0.2) is 0 Å². The predicted molar refractivity (Wildman–Crippen MR) is 78.7 cm³/mol. The zero-order valence-electron chi connectivity index (χ0n) is 11.9. The Morgan fingerprint density at radius 1 is 1.24 bits per heavy atom. The molecule has 0 radical (unpaired) electrons. The van der Waals surface area contributed by atoms with E-state index in [0.29, 0.717) is 0 Å². The second-order valence-electron chi connectivity index (χ2n) is 5.40. The van der Waals surface area contributed by atoms with Gasteiger partial charge in [0.2, 0.25) is 0 Å². The van der Waals surface area contributed by atoms with Gasteiger partial charge < -0.3 is 0 Å². The monoisotopic (exact) mass is 357 g/mol. The zero-order chi connectivity index (χ0) is 15.6. The zero-order valence-corrected chi connectivity index (χ0v) is 13.8. The third kappa shape index (κ3) is 3.70. The van der Waals surface area contributed by atoms with Gasteiger partial charge in [0.05, 0.1) is 0 Å². The van der Waals surface area contributed by atoms with E-state index in [0.717, 1.165) is 32.1 Å². The molecule has 0 heterocycles. The molecule has 6 nitrogen and oxygen atoms in total. The van der Waals surface area contributed by atoms with E-state index in [1.807, 2.05) is 0 Å². The number of benzene rings is 1. The molecule has 1 saturated carbocycles. The molecule has 7 heteroatoms. The van der Waals surface area contributed by atoms with Gasteiger partial charge in [-0.2, -0.15) is 0 Å². The number of hydrogen-bond donors (Lipinski definition) is 3. The minimum absolute atomic E-state index is 0.0264. The van der Waals surface area contributed by atoms with Crippen molar-refractivity contribution in [1.29, 1.82) is 0 Å². The fourth-order valence-corrected chi connectivity index (χ4v) is 4.02. The molecule has 0 spiro atoms. The quantitative estimate of drug-likeness (QED) is 0.690. The Labute approximate surface area is 126 Å². The van der Waals surface area contributed by atoms with E-state index in [1.165, 1.54) is 30.0 Å². The molecule has 1 amide bonds. The fraction of sp³-hybridized carbons (Fsp3) is 0.500. The molecule has 0 atom stereocenters. The molecule has 0 aromatic heterocycles. The molecule has 1 aliphatic rings. The van der Waals surface area contributed by atoms with Crippen LogP contribution in [0.3, 0.4) is 0 Å². The van der Waals surface area contributed by atoms with Gasteiger partial charge in [-0.15, -0.1) is 0 Å². The number of aromatic hydroxyl groups is 1. The van der Waals surface area contributed by atoms with E-state index in [2.05, 4.69) is 0 Å². The molecule has 0 saturated heterocycles. The Balaban J connectivity index is 2.44. The van der Waals surface area contributed by atoms with Crippen molar-refractivity contribution >= 4 is 30.1 Å². The van der Waals surface area contributed by atoms with E-state index >= 15 is 0 Å². The molecule has 0 aliphatic heterocycles. The molecule has 116 valence electrons. The second-order valence-corrected chi connectivity index (χ2v) is 8.76. The Kier molecular flexibility index (Phi) is 4.81. The molecular weight excluding hydrogens is 337 g/mol. The summed E-state index contributed by atoms with van der Waals surface area (Å²) in [6.07, 6.45) is 4.82. The summed E-state index contributed by atoms with van der Waals surface area (Å²) in [5.41, 5.74) is 0.191.